The average Bonchev–Trinajstić information content (AvgIpc) is 3.30. The minimum Gasteiger partial charge on any atom is -0.306 e. The summed E-state index contributed by atoms with van der Waals surface area (Å²) < 4.78 is 26.4. The highest BCUT2D eigenvalue weighted by atomic mass is 19.3. The Labute approximate surface area is 132 Å². The van der Waals surface area contributed by atoms with Crippen LogP contribution in [0, 0.1) is 6.92 Å². The largest absolute Gasteiger partial charge is 0.306 e. The van der Waals surface area contributed by atoms with Gasteiger partial charge < -0.3 is 4.90 Å². The number of nitrogens with zero attached hydrogens (tertiary/aromatic N) is 4. The van der Waals surface area contributed by atoms with Crippen molar-refractivity contribution in [3.8, 4) is 5.69 Å². The lowest BCUT2D eigenvalue weighted by atomic mass is 10.2. The number of hydrogen-bond acceptors (Lipinski definition) is 3. The van der Waals surface area contributed by atoms with Crippen molar-refractivity contribution in [2.24, 2.45) is 0 Å². The summed E-state index contributed by atoms with van der Waals surface area (Å²) in [5.41, 5.74) is 2.18. The Hall–Kier alpha value is -2.31. The summed E-state index contributed by atoms with van der Waals surface area (Å²) in [6, 6.07) is 3.77. The van der Waals surface area contributed by atoms with Crippen LogP contribution in [0.4, 0.5) is 14.5 Å². The molecule has 23 heavy (non-hydrogen) atoms. The van der Waals surface area contributed by atoms with Crippen LogP contribution in [-0.2, 0) is 4.79 Å². The van der Waals surface area contributed by atoms with Crippen molar-refractivity contribution < 1.29 is 13.6 Å². The molecule has 0 radical (unpaired) electrons. The van der Waals surface area contributed by atoms with E-state index in [2.05, 4.69) is 10.1 Å². The van der Waals surface area contributed by atoms with E-state index in [1.165, 1.54) is 0 Å². The quantitative estimate of drug-likeness (QED) is 0.822. The lowest BCUT2D eigenvalue weighted by Crippen LogP contribution is -2.33. The Morgan fingerprint density at radius 3 is 2.87 bits per heavy atom. The van der Waals surface area contributed by atoms with Gasteiger partial charge in [0.15, 0.2) is 0 Å². The summed E-state index contributed by atoms with van der Waals surface area (Å²) in [6.45, 7) is 1.82. The van der Waals surface area contributed by atoms with Gasteiger partial charge in [0.1, 0.15) is 0 Å². The van der Waals surface area contributed by atoms with Gasteiger partial charge in [-0.3, -0.25) is 9.78 Å². The SMILES string of the molecule is Cc1nn(-c2cccnc2)cc1N(C(=O)CCC(F)F)C1CC1. The highest BCUT2D eigenvalue weighted by Crippen LogP contribution is 2.34. The number of amides is 1. The van der Waals surface area contributed by atoms with Crippen molar-refractivity contribution in [2.45, 2.75) is 45.1 Å². The minimum absolute atomic E-state index is 0.102. The van der Waals surface area contributed by atoms with Gasteiger partial charge in [-0.1, -0.05) is 0 Å². The van der Waals surface area contributed by atoms with E-state index in [0.29, 0.717) is 11.4 Å². The molecule has 0 atom stereocenters. The molecule has 2 aromatic rings. The lowest BCUT2D eigenvalue weighted by molar-refractivity contribution is -0.119. The third-order valence-electron chi connectivity index (χ3n) is 3.80. The molecule has 1 amide bonds. The molecule has 0 spiro atoms. The smallest absolute Gasteiger partial charge is 0.239 e. The first-order chi connectivity index (χ1) is 11.1. The van der Waals surface area contributed by atoms with Gasteiger partial charge in [0.25, 0.3) is 0 Å². The maximum atomic E-state index is 12.4. The van der Waals surface area contributed by atoms with Gasteiger partial charge in [0.2, 0.25) is 12.3 Å². The van der Waals surface area contributed by atoms with Gasteiger partial charge in [0.05, 0.1) is 29.5 Å². The molecule has 0 aromatic carbocycles. The topological polar surface area (TPSA) is 51.0 Å². The van der Waals surface area contributed by atoms with Crippen LogP contribution >= 0.6 is 0 Å². The van der Waals surface area contributed by atoms with E-state index in [0.717, 1.165) is 18.5 Å². The lowest BCUT2D eigenvalue weighted by Gasteiger charge is -2.21. The Balaban J connectivity index is 1.86. The predicted molar refractivity (Wildman–Crippen MR) is 81.8 cm³/mol. The molecule has 2 heterocycles. The number of carbonyl (C=O) groups is 1. The zero-order chi connectivity index (χ0) is 16.4. The molecule has 0 bridgehead atoms. The summed E-state index contributed by atoms with van der Waals surface area (Å²) in [4.78, 5) is 18.1. The van der Waals surface area contributed by atoms with E-state index in [4.69, 9.17) is 0 Å². The highest BCUT2D eigenvalue weighted by Gasteiger charge is 2.35. The van der Waals surface area contributed by atoms with E-state index in [1.807, 2.05) is 13.0 Å². The maximum Gasteiger partial charge on any atom is 0.239 e. The third-order valence-corrected chi connectivity index (χ3v) is 3.80. The molecular weight excluding hydrogens is 302 g/mol. The molecule has 1 aliphatic rings. The fourth-order valence-corrected chi connectivity index (χ4v) is 2.53. The summed E-state index contributed by atoms with van der Waals surface area (Å²) in [6.07, 6.45) is 3.91. The molecule has 7 heteroatoms. The fraction of sp³-hybridized carbons (Fsp3) is 0.438. The zero-order valence-electron chi connectivity index (χ0n) is 12.8. The van der Waals surface area contributed by atoms with Crippen molar-refractivity contribution in [2.75, 3.05) is 4.90 Å². The van der Waals surface area contributed by atoms with Crippen molar-refractivity contribution in [1.82, 2.24) is 14.8 Å². The summed E-state index contributed by atoms with van der Waals surface area (Å²) in [7, 11) is 0. The molecule has 0 N–H and O–H groups in total. The number of rotatable bonds is 6. The van der Waals surface area contributed by atoms with Crippen LogP contribution in [0.3, 0.4) is 0 Å². The molecule has 1 saturated carbocycles. The second kappa shape index (κ2) is 6.44. The molecule has 5 nitrogen and oxygen atoms in total. The second-order valence-corrected chi connectivity index (χ2v) is 5.68. The molecule has 1 aliphatic carbocycles. The van der Waals surface area contributed by atoms with E-state index in [9.17, 15) is 13.6 Å². The number of anilines is 1. The first-order valence-electron chi connectivity index (χ1n) is 7.63. The van der Waals surface area contributed by atoms with Crippen molar-refractivity contribution >= 4 is 11.6 Å². The van der Waals surface area contributed by atoms with E-state index < -0.39 is 12.8 Å². The van der Waals surface area contributed by atoms with E-state index in [1.54, 1.807) is 34.2 Å². The first-order valence-corrected chi connectivity index (χ1v) is 7.63. The Morgan fingerprint density at radius 2 is 2.26 bits per heavy atom. The number of alkyl halides is 2. The molecule has 122 valence electrons. The Kier molecular flexibility index (Phi) is 4.36. The van der Waals surface area contributed by atoms with Crippen LogP contribution in [0.15, 0.2) is 30.7 Å². The van der Waals surface area contributed by atoms with Crippen molar-refractivity contribution in [1.29, 1.82) is 0 Å². The van der Waals surface area contributed by atoms with Crippen LogP contribution in [0.1, 0.15) is 31.4 Å². The number of aromatic nitrogens is 3. The van der Waals surface area contributed by atoms with Gasteiger partial charge in [0, 0.05) is 25.1 Å². The van der Waals surface area contributed by atoms with E-state index >= 15 is 0 Å². The molecule has 0 unspecified atom stereocenters. The first kappa shape index (κ1) is 15.6. The predicted octanol–water partition coefficient (Wildman–Crippen LogP) is 3.12. The van der Waals surface area contributed by atoms with E-state index in [-0.39, 0.29) is 18.4 Å². The maximum absolute atomic E-state index is 12.4. The summed E-state index contributed by atoms with van der Waals surface area (Å²) in [5.74, 6) is -0.262. The number of pyridine rings is 1. The van der Waals surface area contributed by atoms with Crippen LogP contribution in [0.2, 0.25) is 0 Å². The van der Waals surface area contributed by atoms with Crippen molar-refractivity contribution in [3.63, 3.8) is 0 Å². The average molecular weight is 320 g/mol. The molecular formula is C16H18F2N4O. The van der Waals surface area contributed by atoms with Gasteiger partial charge in [-0.2, -0.15) is 5.10 Å². The molecule has 0 aliphatic heterocycles. The Bertz CT molecular complexity index is 683. The summed E-state index contributed by atoms with van der Waals surface area (Å²) >= 11 is 0. The molecule has 1 fully saturated rings. The molecule has 3 rings (SSSR count). The van der Waals surface area contributed by atoms with Crippen LogP contribution < -0.4 is 4.90 Å². The number of halogens is 2. The van der Waals surface area contributed by atoms with Crippen LogP contribution in [0.25, 0.3) is 5.69 Å². The summed E-state index contributed by atoms with van der Waals surface area (Å²) in [5, 5.41) is 4.42. The van der Waals surface area contributed by atoms with Gasteiger partial charge in [-0.05, 0) is 31.9 Å². The second-order valence-electron chi connectivity index (χ2n) is 5.68. The highest BCUT2D eigenvalue weighted by molar-refractivity contribution is 5.95. The third kappa shape index (κ3) is 3.55. The minimum atomic E-state index is -2.46. The fourth-order valence-electron chi connectivity index (χ4n) is 2.53. The number of aryl methyl sites for hydroxylation is 1. The van der Waals surface area contributed by atoms with Gasteiger partial charge >= 0.3 is 0 Å². The monoisotopic (exact) mass is 320 g/mol. The zero-order valence-corrected chi connectivity index (χ0v) is 12.8. The Morgan fingerprint density at radius 1 is 1.48 bits per heavy atom. The number of hydrogen-bond donors (Lipinski definition) is 0. The standard InChI is InChI=1S/C16H18F2N4O/c1-11-14(10-21(20-11)13-3-2-8-19-9-13)22(12-4-5-12)16(23)7-6-15(17)18/h2-3,8-10,12,15H,4-7H2,1H3. The van der Waals surface area contributed by atoms with Crippen LogP contribution in [0.5, 0.6) is 0 Å². The van der Waals surface area contributed by atoms with Gasteiger partial charge in [-0.15, -0.1) is 0 Å². The van der Waals surface area contributed by atoms with Crippen LogP contribution in [-0.4, -0.2) is 33.1 Å². The van der Waals surface area contributed by atoms with Crippen molar-refractivity contribution in [3.05, 3.63) is 36.4 Å². The van der Waals surface area contributed by atoms with Gasteiger partial charge in [-0.25, -0.2) is 13.5 Å². The molecule has 2 aromatic heterocycles. The molecule has 0 saturated heterocycles. The number of carbonyl (C=O) groups excluding carboxylic acids is 1. The normalized spacial score (nSPS) is 14.3.